The normalized spacial score (nSPS) is 8.22. The van der Waals surface area contributed by atoms with Crippen molar-refractivity contribution in [2.45, 2.75) is 11.8 Å². The molecule has 0 atom stereocenters. The van der Waals surface area contributed by atoms with Crippen LogP contribution < -0.4 is 0 Å². The number of hydrogen-bond donors (Lipinski definition) is 1. The van der Waals surface area contributed by atoms with Crippen LogP contribution in [0.25, 0.3) is 0 Å². The van der Waals surface area contributed by atoms with Gasteiger partial charge in [0.2, 0.25) is 0 Å². The molecule has 1 radical (unpaired) electrons. The fourth-order valence-electron chi connectivity index (χ4n) is 0.563. The summed E-state index contributed by atoms with van der Waals surface area (Å²) in [5, 5.41) is 0. The van der Waals surface area contributed by atoms with E-state index in [0.717, 1.165) is 4.90 Å². The summed E-state index contributed by atoms with van der Waals surface area (Å²) in [6, 6.07) is 8.02. The average molecular weight is 232 g/mol. The number of rotatable bonds is 0. The fourth-order valence-corrected chi connectivity index (χ4v) is 0.724. The molecule has 0 heterocycles. The molecule has 53 valence electrons. The van der Waals surface area contributed by atoms with Crippen LogP contribution >= 0.6 is 12.6 Å². The van der Waals surface area contributed by atoms with Crippen molar-refractivity contribution in [1.82, 2.24) is 0 Å². The van der Waals surface area contributed by atoms with Gasteiger partial charge >= 0.3 is 0 Å². The summed E-state index contributed by atoms with van der Waals surface area (Å²) < 4.78 is 0. The van der Waals surface area contributed by atoms with Crippen molar-refractivity contribution in [3.05, 3.63) is 29.8 Å². The van der Waals surface area contributed by atoms with Crippen molar-refractivity contribution >= 4 is 12.6 Å². The molecule has 1 aromatic carbocycles. The molecule has 0 unspecified atom stereocenters. The topological polar surface area (TPSA) is 0 Å². The van der Waals surface area contributed by atoms with E-state index >= 15 is 0 Å². The molecule has 0 bridgehead atoms. The van der Waals surface area contributed by atoms with E-state index in [-0.39, 0.29) is 22.4 Å². The summed E-state index contributed by atoms with van der Waals surface area (Å²) in [5.74, 6) is 0. The monoisotopic (exact) mass is 231 g/mol. The minimum Gasteiger partial charge on any atom is -0.143 e. The molecule has 1 rings (SSSR count). The van der Waals surface area contributed by atoms with E-state index in [2.05, 4.69) is 12.6 Å². The zero-order valence-corrected chi connectivity index (χ0v) is 7.43. The number of thiol groups is 1. The first-order valence-electron chi connectivity index (χ1n) is 2.55. The Hall–Kier alpha value is 0.310. The molecular weight excluding hydrogens is 224 g/mol. The second kappa shape index (κ2) is 4.18. The maximum atomic E-state index is 4.20. The SMILES string of the molecule is Cc1ccccc1S.[Ag]. The molecule has 0 aliphatic heterocycles. The number of benzene rings is 1. The summed E-state index contributed by atoms with van der Waals surface area (Å²) in [5.41, 5.74) is 1.23. The maximum Gasteiger partial charge on any atom is 0.00692 e. The second-order valence-electron chi connectivity index (χ2n) is 1.79. The van der Waals surface area contributed by atoms with Crippen molar-refractivity contribution in [2.75, 3.05) is 0 Å². The quantitative estimate of drug-likeness (QED) is 0.514. The molecule has 0 saturated heterocycles. The van der Waals surface area contributed by atoms with Gasteiger partial charge < -0.3 is 0 Å². The molecule has 0 spiro atoms. The van der Waals surface area contributed by atoms with E-state index in [1.165, 1.54) is 5.56 Å². The van der Waals surface area contributed by atoms with Crippen molar-refractivity contribution < 1.29 is 22.4 Å². The first-order chi connectivity index (χ1) is 3.80. The summed E-state index contributed by atoms with van der Waals surface area (Å²) >= 11 is 4.20. The van der Waals surface area contributed by atoms with E-state index in [0.29, 0.717) is 0 Å². The summed E-state index contributed by atoms with van der Waals surface area (Å²) in [6.45, 7) is 2.04. The van der Waals surface area contributed by atoms with Gasteiger partial charge in [0.25, 0.3) is 0 Å². The maximum absolute atomic E-state index is 4.20. The molecule has 9 heavy (non-hydrogen) atoms. The van der Waals surface area contributed by atoms with Gasteiger partial charge in [0, 0.05) is 27.3 Å². The Balaban J connectivity index is 0.000000640. The van der Waals surface area contributed by atoms with Crippen molar-refractivity contribution in [1.29, 1.82) is 0 Å². The van der Waals surface area contributed by atoms with Crippen LogP contribution in [0.1, 0.15) is 5.56 Å². The van der Waals surface area contributed by atoms with Gasteiger partial charge in [-0.05, 0) is 18.6 Å². The van der Waals surface area contributed by atoms with Gasteiger partial charge in [-0.1, -0.05) is 18.2 Å². The Bertz CT molecular complexity index is 165. The third-order valence-electron chi connectivity index (χ3n) is 1.12. The Morgan fingerprint density at radius 3 is 2.11 bits per heavy atom. The first kappa shape index (κ1) is 9.31. The predicted octanol–water partition coefficient (Wildman–Crippen LogP) is 2.28. The van der Waals surface area contributed by atoms with E-state index in [1.807, 2.05) is 31.2 Å². The Labute approximate surface area is 76.6 Å². The van der Waals surface area contributed by atoms with E-state index in [1.54, 1.807) is 0 Å². The zero-order chi connectivity index (χ0) is 5.98. The van der Waals surface area contributed by atoms with Crippen LogP contribution in [-0.2, 0) is 22.4 Å². The molecule has 0 aliphatic rings. The number of hydrogen-bond acceptors (Lipinski definition) is 1. The second-order valence-corrected chi connectivity index (χ2v) is 2.27. The van der Waals surface area contributed by atoms with E-state index < -0.39 is 0 Å². The van der Waals surface area contributed by atoms with Crippen LogP contribution in [-0.4, -0.2) is 0 Å². The van der Waals surface area contributed by atoms with Gasteiger partial charge in [0.15, 0.2) is 0 Å². The molecule has 0 fully saturated rings. The van der Waals surface area contributed by atoms with Crippen LogP contribution in [0.3, 0.4) is 0 Å². The van der Waals surface area contributed by atoms with Crippen LogP contribution in [0.4, 0.5) is 0 Å². The first-order valence-corrected chi connectivity index (χ1v) is 3.00. The molecular formula is C7H8AgS. The molecule has 0 aromatic heterocycles. The van der Waals surface area contributed by atoms with E-state index in [4.69, 9.17) is 0 Å². The molecule has 0 amide bonds. The predicted molar refractivity (Wildman–Crippen MR) is 38.4 cm³/mol. The molecule has 0 aliphatic carbocycles. The summed E-state index contributed by atoms with van der Waals surface area (Å²) in [6.07, 6.45) is 0. The van der Waals surface area contributed by atoms with Crippen LogP contribution in [0.5, 0.6) is 0 Å². The van der Waals surface area contributed by atoms with Crippen molar-refractivity contribution in [3.8, 4) is 0 Å². The Morgan fingerprint density at radius 2 is 1.78 bits per heavy atom. The molecule has 2 heteroatoms. The fraction of sp³-hybridized carbons (Fsp3) is 0.143. The molecule has 0 N–H and O–H groups in total. The van der Waals surface area contributed by atoms with Gasteiger partial charge in [-0.15, -0.1) is 12.6 Å². The average Bonchev–Trinajstić information content (AvgIpc) is 1.77. The summed E-state index contributed by atoms with van der Waals surface area (Å²) in [4.78, 5) is 1.06. The smallest absolute Gasteiger partial charge is 0.00692 e. The van der Waals surface area contributed by atoms with Crippen LogP contribution in [0.15, 0.2) is 29.2 Å². The molecule has 1 aromatic rings. The Kier molecular flexibility index (Phi) is 4.32. The van der Waals surface area contributed by atoms with Crippen LogP contribution in [0.2, 0.25) is 0 Å². The Morgan fingerprint density at radius 1 is 1.22 bits per heavy atom. The zero-order valence-electron chi connectivity index (χ0n) is 5.06. The van der Waals surface area contributed by atoms with Gasteiger partial charge in [-0.3, -0.25) is 0 Å². The molecule has 0 nitrogen and oxygen atoms in total. The minimum absolute atomic E-state index is 0. The standard InChI is InChI=1S/C7H8S.Ag/c1-6-4-2-3-5-7(6)8;/h2-5,8H,1H3;. The third-order valence-corrected chi connectivity index (χ3v) is 1.62. The third kappa shape index (κ3) is 2.59. The van der Waals surface area contributed by atoms with Crippen LogP contribution in [0, 0.1) is 6.92 Å². The summed E-state index contributed by atoms with van der Waals surface area (Å²) in [7, 11) is 0. The molecule has 0 saturated carbocycles. The minimum atomic E-state index is 0. The van der Waals surface area contributed by atoms with Crippen molar-refractivity contribution in [3.63, 3.8) is 0 Å². The largest absolute Gasteiger partial charge is 0.143 e. The van der Waals surface area contributed by atoms with Crippen molar-refractivity contribution in [2.24, 2.45) is 0 Å². The van der Waals surface area contributed by atoms with Gasteiger partial charge in [0.1, 0.15) is 0 Å². The van der Waals surface area contributed by atoms with Gasteiger partial charge in [0.05, 0.1) is 0 Å². The van der Waals surface area contributed by atoms with Gasteiger partial charge in [-0.25, -0.2) is 0 Å². The van der Waals surface area contributed by atoms with Gasteiger partial charge in [-0.2, -0.15) is 0 Å². The van der Waals surface area contributed by atoms with E-state index in [9.17, 15) is 0 Å². The number of aryl methyl sites for hydroxylation is 1.